The van der Waals surface area contributed by atoms with Crippen molar-refractivity contribution in [2.75, 3.05) is 12.0 Å². The minimum Gasteiger partial charge on any atom is -0.368 e. The van der Waals surface area contributed by atoms with Gasteiger partial charge in [-0.1, -0.05) is 0 Å². The Morgan fingerprint density at radius 2 is 2.15 bits per heavy atom. The van der Waals surface area contributed by atoms with Gasteiger partial charge in [0.2, 0.25) is 23.6 Å². The van der Waals surface area contributed by atoms with Crippen LogP contribution >= 0.6 is 11.8 Å². The lowest BCUT2D eigenvalue weighted by molar-refractivity contribution is -0.132. The van der Waals surface area contributed by atoms with Crippen molar-refractivity contribution >= 4 is 35.4 Å². The quantitative estimate of drug-likeness (QED) is 0.322. The zero-order valence-electron chi connectivity index (χ0n) is 15.0. The number of aromatic nitrogens is 2. The molecule has 10 nitrogen and oxygen atoms in total. The lowest BCUT2D eigenvalue weighted by Gasteiger charge is -2.22. The van der Waals surface area contributed by atoms with E-state index < -0.39 is 35.8 Å². The number of hydrogen-bond donors (Lipinski definition) is 5. The van der Waals surface area contributed by atoms with Crippen molar-refractivity contribution in [3.8, 4) is 0 Å². The number of carbonyl (C=O) groups excluding carboxylic acids is 4. The summed E-state index contributed by atoms with van der Waals surface area (Å²) in [6, 6.07) is -2.43. The van der Waals surface area contributed by atoms with Crippen LogP contribution in [0.5, 0.6) is 0 Å². The van der Waals surface area contributed by atoms with Crippen LogP contribution in [0.3, 0.4) is 0 Å². The van der Waals surface area contributed by atoms with Gasteiger partial charge in [-0.05, 0) is 24.9 Å². The summed E-state index contributed by atoms with van der Waals surface area (Å²) < 4.78 is 0. The summed E-state index contributed by atoms with van der Waals surface area (Å²) in [4.78, 5) is 54.8. The Bertz CT molecular complexity index is 680. The summed E-state index contributed by atoms with van der Waals surface area (Å²) in [6.45, 7) is 0. The maximum absolute atomic E-state index is 12.7. The lowest BCUT2D eigenvalue weighted by atomic mass is 10.1. The molecule has 1 aliphatic rings. The third-order valence-corrected chi connectivity index (χ3v) is 4.84. The predicted octanol–water partition coefficient (Wildman–Crippen LogP) is -1.56. The maximum atomic E-state index is 12.7. The Kier molecular flexibility index (Phi) is 7.65. The molecule has 27 heavy (non-hydrogen) atoms. The normalized spacial score (nSPS) is 18.4. The standard InChI is InChI=1S/C16H24N6O4S/c1-27-5-4-10(14(17)24)21-16(26)12(6-9-7-18-8-19-9)22-15(25)11-2-3-13(23)20-11/h7-8,10-12H,2-6H2,1H3,(H2,17,24)(H,18,19)(H,20,23)(H,21,26)(H,22,25). The average molecular weight is 396 g/mol. The second kappa shape index (κ2) is 9.95. The van der Waals surface area contributed by atoms with E-state index in [2.05, 4.69) is 25.9 Å². The van der Waals surface area contributed by atoms with E-state index >= 15 is 0 Å². The van der Waals surface area contributed by atoms with Crippen LogP contribution in [0.2, 0.25) is 0 Å². The number of imidazole rings is 1. The predicted molar refractivity (Wildman–Crippen MR) is 99.5 cm³/mol. The molecule has 0 radical (unpaired) electrons. The van der Waals surface area contributed by atoms with Gasteiger partial charge in [0.05, 0.1) is 6.33 Å². The van der Waals surface area contributed by atoms with E-state index in [0.717, 1.165) is 0 Å². The van der Waals surface area contributed by atoms with Gasteiger partial charge in [0.15, 0.2) is 0 Å². The largest absolute Gasteiger partial charge is 0.368 e. The molecule has 1 aromatic heterocycles. The van der Waals surface area contributed by atoms with E-state index in [9.17, 15) is 19.2 Å². The molecule has 11 heteroatoms. The number of carbonyl (C=O) groups is 4. The number of amides is 4. The van der Waals surface area contributed by atoms with Gasteiger partial charge < -0.3 is 26.7 Å². The van der Waals surface area contributed by atoms with Crippen LogP contribution in [-0.2, 0) is 25.6 Å². The van der Waals surface area contributed by atoms with Gasteiger partial charge in [0.25, 0.3) is 0 Å². The Balaban J connectivity index is 2.05. The minimum atomic E-state index is -0.938. The number of nitrogens with two attached hydrogens (primary N) is 1. The zero-order valence-corrected chi connectivity index (χ0v) is 15.8. The fourth-order valence-corrected chi connectivity index (χ4v) is 3.17. The van der Waals surface area contributed by atoms with Crippen molar-refractivity contribution in [1.82, 2.24) is 25.9 Å². The molecule has 0 saturated carbocycles. The van der Waals surface area contributed by atoms with Crippen LogP contribution < -0.4 is 21.7 Å². The highest BCUT2D eigenvalue weighted by Crippen LogP contribution is 2.08. The van der Waals surface area contributed by atoms with Gasteiger partial charge in [-0.2, -0.15) is 11.8 Å². The molecule has 0 bridgehead atoms. The fraction of sp³-hybridized carbons (Fsp3) is 0.562. The molecule has 148 valence electrons. The Labute approximate surface area is 160 Å². The van der Waals surface area contributed by atoms with Crippen LogP contribution in [0.25, 0.3) is 0 Å². The van der Waals surface area contributed by atoms with Crippen molar-refractivity contribution in [1.29, 1.82) is 0 Å². The highest BCUT2D eigenvalue weighted by molar-refractivity contribution is 7.98. The highest BCUT2D eigenvalue weighted by Gasteiger charge is 2.31. The molecule has 1 saturated heterocycles. The second-order valence-corrected chi connectivity index (χ2v) is 7.23. The fourth-order valence-electron chi connectivity index (χ4n) is 2.70. The van der Waals surface area contributed by atoms with Gasteiger partial charge in [0, 0.05) is 24.7 Å². The molecule has 3 unspecified atom stereocenters. The molecule has 1 aromatic rings. The molecule has 2 heterocycles. The van der Waals surface area contributed by atoms with E-state index in [0.29, 0.717) is 24.3 Å². The van der Waals surface area contributed by atoms with E-state index in [1.54, 1.807) is 6.20 Å². The summed E-state index contributed by atoms with van der Waals surface area (Å²) >= 11 is 1.53. The molecule has 3 atom stereocenters. The lowest BCUT2D eigenvalue weighted by Crippen LogP contribution is -2.56. The van der Waals surface area contributed by atoms with Crippen molar-refractivity contribution < 1.29 is 19.2 Å². The number of rotatable bonds is 10. The third-order valence-electron chi connectivity index (χ3n) is 4.19. The first kappa shape index (κ1) is 20.7. The summed E-state index contributed by atoms with van der Waals surface area (Å²) in [6.07, 6.45) is 6.10. The zero-order chi connectivity index (χ0) is 19.8. The number of hydrogen-bond acceptors (Lipinski definition) is 6. The Morgan fingerprint density at radius 1 is 1.37 bits per heavy atom. The molecule has 1 fully saturated rings. The number of thioether (sulfide) groups is 1. The van der Waals surface area contributed by atoms with E-state index in [4.69, 9.17) is 5.73 Å². The smallest absolute Gasteiger partial charge is 0.243 e. The first-order chi connectivity index (χ1) is 12.9. The van der Waals surface area contributed by atoms with Crippen molar-refractivity contribution in [3.05, 3.63) is 18.2 Å². The van der Waals surface area contributed by atoms with Gasteiger partial charge in [-0.15, -0.1) is 0 Å². The average Bonchev–Trinajstić information content (AvgIpc) is 3.29. The Hall–Kier alpha value is -2.56. The van der Waals surface area contributed by atoms with E-state index in [1.165, 1.54) is 18.1 Å². The summed E-state index contributed by atoms with van der Waals surface area (Å²) in [5.74, 6) is -1.14. The number of primary amides is 1. The third kappa shape index (κ3) is 6.27. The summed E-state index contributed by atoms with van der Waals surface area (Å²) in [5.41, 5.74) is 6.01. The van der Waals surface area contributed by atoms with Gasteiger partial charge in [-0.25, -0.2) is 4.98 Å². The van der Waals surface area contributed by atoms with E-state index in [-0.39, 0.29) is 18.7 Å². The molecule has 6 N–H and O–H groups in total. The number of nitrogens with one attached hydrogen (secondary N) is 4. The second-order valence-electron chi connectivity index (χ2n) is 6.25. The van der Waals surface area contributed by atoms with Gasteiger partial charge in [0.1, 0.15) is 18.1 Å². The SMILES string of the molecule is CSCCC(NC(=O)C(Cc1cnc[nH]1)NC(=O)C1CCC(=O)N1)C(N)=O. The van der Waals surface area contributed by atoms with Crippen molar-refractivity contribution in [2.45, 2.75) is 43.8 Å². The topological polar surface area (TPSA) is 159 Å². The van der Waals surface area contributed by atoms with Crippen LogP contribution in [0, 0.1) is 0 Å². The first-order valence-corrected chi connectivity index (χ1v) is 9.95. The highest BCUT2D eigenvalue weighted by atomic mass is 32.2. The first-order valence-electron chi connectivity index (χ1n) is 8.56. The molecule has 2 rings (SSSR count). The molecular formula is C16H24N6O4S. The van der Waals surface area contributed by atoms with Crippen LogP contribution in [0.1, 0.15) is 25.0 Å². The molecular weight excluding hydrogens is 372 g/mol. The number of aromatic amines is 1. The van der Waals surface area contributed by atoms with Crippen molar-refractivity contribution in [2.24, 2.45) is 5.73 Å². The monoisotopic (exact) mass is 396 g/mol. The number of nitrogens with zero attached hydrogens (tertiary/aromatic N) is 1. The molecule has 0 spiro atoms. The number of H-pyrrole nitrogens is 1. The maximum Gasteiger partial charge on any atom is 0.243 e. The minimum absolute atomic E-state index is 0.159. The van der Waals surface area contributed by atoms with Crippen LogP contribution in [0.15, 0.2) is 12.5 Å². The van der Waals surface area contributed by atoms with Gasteiger partial charge in [-0.3, -0.25) is 19.2 Å². The summed E-state index contributed by atoms with van der Waals surface area (Å²) in [7, 11) is 0. The summed E-state index contributed by atoms with van der Waals surface area (Å²) in [5, 5.41) is 7.82. The molecule has 0 aliphatic carbocycles. The van der Waals surface area contributed by atoms with E-state index in [1.807, 2.05) is 6.26 Å². The molecule has 1 aliphatic heterocycles. The van der Waals surface area contributed by atoms with Crippen molar-refractivity contribution in [3.63, 3.8) is 0 Å². The van der Waals surface area contributed by atoms with Gasteiger partial charge >= 0.3 is 0 Å². The Morgan fingerprint density at radius 3 is 2.70 bits per heavy atom. The molecule has 0 aromatic carbocycles. The molecule has 4 amide bonds. The van der Waals surface area contributed by atoms with Crippen LogP contribution in [-0.4, -0.2) is 63.7 Å². The van der Waals surface area contributed by atoms with Crippen LogP contribution in [0.4, 0.5) is 0 Å².